The topological polar surface area (TPSA) is 145 Å². The van der Waals surface area contributed by atoms with Gasteiger partial charge in [0.15, 0.2) is 0 Å². The van der Waals surface area contributed by atoms with Crippen LogP contribution in [0.4, 0.5) is 0 Å². The van der Waals surface area contributed by atoms with Crippen molar-refractivity contribution in [2.45, 2.75) is 26.7 Å². The van der Waals surface area contributed by atoms with Crippen LogP contribution >= 0.6 is 0 Å². The molecule has 10 heteroatoms. The molecule has 0 aliphatic carbocycles. The summed E-state index contributed by atoms with van der Waals surface area (Å²) < 4.78 is 31.6. The van der Waals surface area contributed by atoms with Crippen molar-refractivity contribution in [2.75, 3.05) is 14.1 Å². The number of rotatable bonds is 2. The molecule has 0 aliphatic rings. The third-order valence-electron chi connectivity index (χ3n) is 1.10. The molecule has 0 rings (SSSR count). The van der Waals surface area contributed by atoms with Gasteiger partial charge >= 0.3 is 29.9 Å². The molecule has 0 heterocycles. The Morgan fingerprint density at radius 1 is 1.00 bits per heavy atom. The summed E-state index contributed by atoms with van der Waals surface area (Å²) >= 11 is 0. The molecule has 0 saturated heterocycles. The molecule has 104 valence electrons. The van der Waals surface area contributed by atoms with Gasteiger partial charge in [0.05, 0.1) is 0 Å². The Morgan fingerprint density at radius 3 is 1.17 bits per heavy atom. The van der Waals surface area contributed by atoms with Gasteiger partial charge in [0.25, 0.3) is 0 Å². The van der Waals surface area contributed by atoms with Crippen molar-refractivity contribution in [3.8, 4) is 0 Å². The molecule has 0 spiro atoms. The van der Waals surface area contributed by atoms with Crippen LogP contribution in [0.3, 0.4) is 0 Å². The van der Waals surface area contributed by atoms with Gasteiger partial charge in [-0.15, -0.1) is 0 Å². The predicted octanol–water partition coefficient (Wildman–Crippen LogP) is -1.09. The molecule has 2 N–H and O–H groups in total. The SMILES string of the molecule is CCC([O-])=NC.CCC([O-])=NC.O=S(=O)(O)O.[Zn+2]. The van der Waals surface area contributed by atoms with Crippen molar-refractivity contribution in [1.82, 2.24) is 0 Å². The molecule has 18 heavy (non-hydrogen) atoms. The fraction of sp³-hybridized carbons (Fsp3) is 0.750. The number of hydrogen-bond donors (Lipinski definition) is 2. The summed E-state index contributed by atoms with van der Waals surface area (Å²) in [5.74, 6) is -0.0648. The van der Waals surface area contributed by atoms with Crippen molar-refractivity contribution in [3.05, 3.63) is 0 Å². The molecule has 8 nitrogen and oxygen atoms in total. The first kappa shape index (κ1) is 26.1. The maximum atomic E-state index is 10.0. The largest absolute Gasteiger partial charge is 2.00 e. The zero-order chi connectivity index (χ0) is 14.5. The van der Waals surface area contributed by atoms with Gasteiger partial charge in [-0.05, 0) is 24.6 Å². The molecular formula is C8H18N2O6SZn. The molecular weight excluding hydrogens is 318 g/mol. The first-order valence-electron chi connectivity index (χ1n) is 4.57. The Hall–Kier alpha value is -0.567. The first-order chi connectivity index (χ1) is 7.62. The van der Waals surface area contributed by atoms with Crippen LogP contribution in [0, 0.1) is 0 Å². The fourth-order valence-electron chi connectivity index (χ4n) is 0.316. The second-order valence-corrected chi connectivity index (χ2v) is 3.29. The molecule has 0 unspecified atom stereocenters. The molecule has 0 atom stereocenters. The van der Waals surface area contributed by atoms with E-state index in [9.17, 15) is 10.2 Å². The summed E-state index contributed by atoms with van der Waals surface area (Å²) in [4.78, 5) is 6.74. The van der Waals surface area contributed by atoms with Crippen molar-refractivity contribution < 1.29 is 47.2 Å². The normalized spacial score (nSPS) is 11.2. The molecule has 0 saturated carbocycles. The van der Waals surface area contributed by atoms with Crippen molar-refractivity contribution in [2.24, 2.45) is 9.98 Å². The second-order valence-electron chi connectivity index (χ2n) is 2.39. The van der Waals surface area contributed by atoms with Crippen molar-refractivity contribution in [3.63, 3.8) is 0 Å². The third-order valence-corrected chi connectivity index (χ3v) is 1.10. The van der Waals surface area contributed by atoms with Crippen LogP contribution in [-0.2, 0) is 29.9 Å². The molecule has 0 amide bonds. The standard InChI is InChI=1S/2C4H9NO.H2O4S.Zn/c2*1-3-4(6)5-2;1-5(2,3)4;/h2*3H2,1-2H3,(H,5,6);(H2,1,2,3,4);/q;;;+2/p-2. The second kappa shape index (κ2) is 16.4. The Morgan fingerprint density at radius 2 is 1.17 bits per heavy atom. The fourth-order valence-corrected chi connectivity index (χ4v) is 0.316. The van der Waals surface area contributed by atoms with Crippen LogP contribution in [-0.4, -0.2) is 43.4 Å². The van der Waals surface area contributed by atoms with Gasteiger partial charge in [0, 0.05) is 14.1 Å². The van der Waals surface area contributed by atoms with E-state index in [0.717, 1.165) is 0 Å². The molecule has 0 bridgehead atoms. The van der Waals surface area contributed by atoms with Crippen LogP contribution in [0.2, 0.25) is 0 Å². The summed E-state index contributed by atoms with van der Waals surface area (Å²) in [5, 5.41) is 20.0. The van der Waals surface area contributed by atoms with Crippen molar-refractivity contribution >= 4 is 22.2 Å². The first-order valence-corrected chi connectivity index (χ1v) is 5.97. The average Bonchev–Trinajstić information content (AvgIpc) is 2.25. The minimum absolute atomic E-state index is 0. The summed E-state index contributed by atoms with van der Waals surface area (Å²) in [6.45, 7) is 3.57. The summed E-state index contributed by atoms with van der Waals surface area (Å²) in [7, 11) is -1.66. The Labute approximate surface area is 120 Å². The maximum Gasteiger partial charge on any atom is 2.00 e. The Bertz CT molecular complexity index is 302. The van der Waals surface area contributed by atoms with Crippen LogP contribution in [0.25, 0.3) is 0 Å². The monoisotopic (exact) mass is 334 g/mol. The quantitative estimate of drug-likeness (QED) is 0.284. The minimum atomic E-state index is -4.67. The van der Waals surface area contributed by atoms with E-state index in [4.69, 9.17) is 17.5 Å². The Balaban J connectivity index is -0.0000000799. The van der Waals surface area contributed by atoms with E-state index < -0.39 is 10.4 Å². The summed E-state index contributed by atoms with van der Waals surface area (Å²) in [6, 6.07) is 0. The summed E-state index contributed by atoms with van der Waals surface area (Å²) in [6.07, 6.45) is 1.05. The van der Waals surface area contributed by atoms with E-state index in [2.05, 4.69) is 9.98 Å². The zero-order valence-corrected chi connectivity index (χ0v) is 14.7. The number of nitrogens with zero attached hydrogens (tertiary/aromatic N) is 2. The van der Waals surface area contributed by atoms with E-state index in [1.165, 1.54) is 14.1 Å². The molecule has 0 aromatic carbocycles. The van der Waals surface area contributed by atoms with Crippen LogP contribution in [0.15, 0.2) is 9.98 Å². The molecule has 0 aromatic rings. The van der Waals surface area contributed by atoms with E-state index >= 15 is 0 Å². The van der Waals surface area contributed by atoms with Crippen molar-refractivity contribution in [1.29, 1.82) is 0 Å². The maximum absolute atomic E-state index is 10.0. The van der Waals surface area contributed by atoms with Gasteiger partial charge in [-0.25, -0.2) is 0 Å². The predicted molar refractivity (Wildman–Crippen MR) is 61.5 cm³/mol. The molecule has 0 fully saturated rings. The third kappa shape index (κ3) is 58.2. The zero-order valence-electron chi connectivity index (χ0n) is 11.0. The molecule has 0 aliphatic heterocycles. The Kier molecular flexibility index (Phi) is 23.8. The van der Waals surface area contributed by atoms with Crippen LogP contribution in [0.1, 0.15) is 26.7 Å². The van der Waals surface area contributed by atoms with E-state index in [-0.39, 0.29) is 31.3 Å². The van der Waals surface area contributed by atoms with Gasteiger partial charge < -0.3 is 20.2 Å². The van der Waals surface area contributed by atoms with E-state index in [1.54, 1.807) is 13.8 Å². The molecule has 0 aromatic heterocycles. The van der Waals surface area contributed by atoms with E-state index in [1.807, 2.05) is 0 Å². The summed E-state index contributed by atoms with van der Waals surface area (Å²) in [5.41, 5.74) is 0. The van der Waals surface area contributed by atoms with E-state index in [0.29, 0.717) is 12.8 Å². The van der Waals surface area contributed by atoms with Gasteiger partial charge in [0.2, 0.25) is 0 Å². The van der Waals surface area contributed by atoms with Gasteiger partial charge in [0.1, 0.15) is 0 Å². The van der Waals surface area contributed by atoms with Gasteiger partial charge in [-0.3, -0.25) is 9.11 Å². The smallest absolute Gasteiger partial charge is 0.862 e. The average molecular weight is 336 g/mol. The van der Waals surface area contributed by atoms with Crippen LogP contribution in [0.5, 0.6) is 0 Å². The number of aliphatic imine (C=N–C) groups is 2. The number of hydrogen-bond acceptors (Lipinski definition) is 6. The van der Waals surface area contributed by atoms with Gasteiger partial charge in [-0.1, -0.05) is 13.8 Å². The van der Waals surface area contributed by atoms with Gasteiger partial charge in [-0.2, -0.15) is 8.42 Å². The van der Waals surface area contributed by atoms with Crippen LogP contribution < -0.4 is 10.2 Å². The minimum Gasteiger partial charge on any atom is -0.862 e. The molecule has 0 radical (unpaired) electrons.